The number of imidazole rings is 1. The molecule has 158 valence electrons. The largest absolute Gasteiger partial charge is 0.350 e. The van der Waals surface area contributed by atoms with Crippen LogP contribution in [0.3, 0.4) is 0 Å². The first kappa shape index (κ1) is 21.1. The SMILES string of the molecule is CC(C)NC(=O)c1ccc(Cn2c(SCc3cccc(F)c3)nc3cccnc32)cc1. The van der Waals surface area contributed by atoms with Gasteiger partial charge in [-0.25, -0.2) is 14.4 Å². The highest BCUT2D eigenvalue weighted by Crippen LogP contribution is 2.27. The third-order valence-electron chi connectivity index (χ3n) is 4.70. The van der Waals surface area contributed by atoms with Crippen LogP contribution in [0.4, 0.5) is 4.39 Å². The predicted molar refractivity (Wildman–Crippen MR) is 122 cm³/mol. The quantitative estimate of drug-likeness (QED) is 0.414. The zero-order valence-electron chi connectivity index (χ0n) is 17.4. The zero-order valence-corrected chi connectivity index (χ0v) is 18.2. The lowest BCUT2D eigenvalue weighted by Crippen LogP contribution is -2.30. The van der Waals surface area contributed by atoms with Crippen LogP contribution in [0.5, 0.6) is 0 Å². The van der Waals surface area contributed by atoms with Crippen molar-refractivity contribution >= 4 is 28.8 Å². The topological polar surface area (TPSA) is 59.8 Å². The van der Waals surface area contributed by atoms with Crippen molar-refractivity contribution in [3.05, 3.63) is 89.4 Å². The van der Waals surface area contributed by atoms with Crippen LogP contribution in [0.15, 0.2) is 72.0 Å². The molecule has 2 aromatic heterocycles. The van der Waals surface area contributed by atoms with E-state index in [9.17, 15) is 9.18 Å². The molecule has 0 saturated heterocycles. The molecule has 7 heteroatoms. The Hall–Kier alpha value is -3.19. The Bertz CT molecular complexity index is 1200. The lowest BCUT2D eigenvalue weighted by molar-refractivity contribution is 0.0943. The Labute approximate surface area is 184 Å². The van der Waals surface area contributed by atoms with Gasteiger partial charge < -0.3 is 5.32 Å². The van der Waals surface area contributed by atoms with Crippen LogP contribution in [0.2, 0.25) is 0 Å². The second-order valence-electron chi connectivity index (χ2n) is 7.57. The Balaban J connectivity index is 1.57. The third-order valence-corrected chi connectivity index (χ3v) is 5.75. The van der Waals surface area contributed by atoms with Crippen LogP contribution in [0, 0.1) is 5.82 Å². The van der Waals surface area contributed by atoms with Gasteiger partial charge in [0.15, 0.2) is 10.8 Å². The molecule has 0 fully saturated rings. The van der Waals surface area contributed by atoms with Gasteiger partial charge in [0.25, 0.3) is 5.91 Å². The maximum Gasteiger partial charge on any atom is 0.251 e. The molecule has 4 aromatic rings. The lowest BCUT2D eigenvalue weighted by Gasteiger charge is -2.11. The molecule has 0 saturated carbocycles. The summed E-state index contributed by atoms with van der Waals surface area (Å²) in [6, 6.07) is 18.1. The van der Waals surface area contributed by atoms with Gasteiger partial charge in [0.05, 0.1) is 6.54 Å². The summed E-state index contributed by atoms with van der Waals surface area (Å²) in [6.07, 6.45) is 1.75. The summed E-state index contributed by atoms with van der Waals surface area (Å²) in [5, 5.41) is 3.72. The number of nitrogens with one attached hydrogen (secondary N) is 1. The molecule has 1 N–H and O–H groups in total. The molecule has 0 bridgehead atoms. The molecule has 0 radical (unpaired) electrons. The summed E-state index contributed by atoms with van der Waals surface area (Å²) < 4.78 is 15.6. The summed E-state index contributed by atoms with van der Waals surface area (Å²) in [7, 11) is 0. The fourth-order valence-electron chi connectivity index (χ4n) is 3.25. The average Bonchev–Trinajstić information content (AvgIpc) is 3.10. The fraction of sp³-hybridized carbons (Fsp3) is 0.208. The molecule has 0 unspecified atom stereocenters. The number of pyridine rings is 1. The number of fused-ring (bicyclic) bond motifs is 1. The number of benzene rings is 2. The van der Waals surface area contributed by atoms with E-state index in [2.05, 4.69) is 14.9 Å². The number of halogens is 1. The smallest absolute Gasteiger partial charge is 0.251 e. The Morgan fingerprint density at radius 2 is 1.90 bits per heavy atom. The Morgan fingerprint density at radius 3 is 2.65 bits per heavy atom. The molecular formula is C24H23FN4OS. The Kier molecular flexibility index (Phi) is 6.32. The van der Waals surface area contributed by atoms with E-state index in [1.165, 1.54) is 6.07 Å². The van der Waals surface area contributed by atoms with Crippen molar-refractivity contribution in [3.8, 4) is 0 Å². The van der Waals surface area contributed by atoms with E-state index in [0.29, 0.717) is 17.9 Å². The van der Waals surface area contributed by atoms with E-state index in [1.54, 1.807) is 30.1 Å². The first-order chi connectivity index (χ1) is 15.0. The lowest BCUT2D eigenvalue weighted by atomic mass is 10.1. The van der Waals surface area contributed by atoms with Crippen molar-refractivity contribution in [2.45, 2.75) is 37.3 Å². The van der Waals surface area contributed by atoms with Gasteiger partial charge in [-0.3, -0.25) is 9.36 Å². The average molecular weight is 435 g/mol. The number of hydrogen-bond acceptors (Lipinski definition) is 4. The van der Waals surface area contributed by atoms with Gasteiger partial charge in [-0.1, -0.05) is 36.0 Å². The van der Waals surface area contributed by atoms with Crippen molar-refractivity contribution in [1.82, 2.24) is 19.9 Å². The highest BCUT2D eigenvalue weighted by atomic mass is 32.2. The first-order valence-corrected chi connectivity index (χ1v) is 11.1. The third kappa shape index (κ3) is 5.11. The van der Waals surface area contributed by atoms with E-state index >= 15 is 0 Å². The maximum absolute atomic E-state index is 13.5. The minimum absolute atomic E-state index is 0.0809. The molecular weight excluding hydrogens is 411 g/mol. The van der Waals surface area contributed by atoms with E-state index in [4.69, 9.17) is 4.98 Å². The van der Waals surface area contributed by atoms with Crippen molar-refractivity contribution < 1.29 is 9.18 Å². The van der Waals surface area contributed by atoms with Crippen LogP contribution >= 0.6 is 11.8 Å². The minimum atomic E-state index is -0.241. The van der Waals surface area contributed by atoms with Crippen molar-refractivity contribution in [1.29, 1.82) is 0 Å². The van der Waals surface area contributed by atoms with Gasteiger partial charge in [0.2, 0.25) is 0 Å². The van der Waals surface area contributed by atoms with E-state index in [-0.39, 0.29) is 17.8 Å². The van der Waals surface area contributed by atoms with Crippen LogP contribution in [0.25, 0.3) is 11.2 Å². The van der Waals surface area contributed by atoms with E-state index < -0.39 is 0 Å². The second kappa shape index (κ2) is 9.31. The number of carbonyl (C=O) groups excluding carboxylic acids is 1. The van der Waals surface area contributed by atoms with Crippen LogP contribution in [-0.2, 0) is 12.3 Å². The normalized spacial score (nSPS) is 11.2. The number of rotatable bonds is 7. The molecule has 0 atom stereocenters. The number of carbonyl (C=O) groups is 1. The van der Waals surface area contributed by atoms with E-state index in [0.717, 1.165) is 27.4 Å². The van der Waals surface area contributed by atoms with Gasteiger partial charge >= 0.3 is 0 Å². The summed E-state index contributed by atoms with van der Waals surface area (Å²) in [6.45, 7) is 4.45. The van der Waals surface area contributed by atoms with Crippen molar-refractivity contribution in [2.75, 3.05) is 0 Å². The molecule has 0 aliphatic heterocycles. The maximum atomic E-state index is 13.5. The number of hydrogen-bond donors (Lipinski definition) is 1. The molecule has 2 aromatic carbocycles. The highest BCUT2D eigenvalue weighted by Gasteiger charge is 2.14. The standard InChI is InChI=1S/C24H23FN4OS/c1-16(2)27-23(30)19-10-8-17(9-11-19)14-29-22-21(7-4-12-26-22)28-24(29)31-15-18-5-3-6-20(25)13-18/h3-13,16H,14-15H2,1-2H3,(H,27,30). The van der Waals surface area contributed by atoms with Gasteiger partial charge in [0.1, 0.15) is 11.3 Å². The first-order valence-electron chi connectivity index (χ1n) is 10.1. The van der Waals surface area contributed by atoms with Gasteiger partial charge in [0, 0.05) is 23.6 Å². The zero-order chi connectivity index (χ0) is 21.8. The number of thioether (sulfide) groups is 1. The van der Waals surface area contributed by atoms with Crippen LogP contribution in [-0.4, -0.2) is 26.5 Å². The highest BCUT2D eigenvalue weighted by molar-refractivity contribution is 7.98. The molecule has 5 nitrogen and oxygen atoms in total. The monoisotopic (exact) mass is 434 g/mol. The summed E-state index contributed by atoms with van der Waals surface area (Å²) in [5.74, 6) is 0.285. The molecule has 2 heterocycles. The number of nitrogens with zero attached hydrogens (tertiary/aromatic N) is 3. The molecule has 0 aliphatic carbocycles. The van der Waals surface area contributed by atoms with Gasteiger partial charge in [-0.05, 0) is 61.4 Å². The fourth-order valence-corrected chi connectivity index (χ4v) is 4.20. The predicted octanol–water partition coefficient (Wildman–Crippen LogP) is 5.05. The minimum Gasteiger partial charge on any atom is -0.350 e. The van der Waals surface area contributed by atoms with Crippen LogP contribution < -0.4 is 5.32 Å². The molecule has 31 heavy (non-hydrogen) atoms. The molecule has 0 aliphatic rings. The van der Waals surface area contributed by atoms with Crippen molar-refractivity contribution in [2.24, 2.45) is 0 Å². The van der Waals surface area contributed by atoms with Crippen molar-refractivity contribution in [3.63, 3.8) is 0 Å². The molecule has 0 spiro atoms. The summed E-state index contributed by atoms with van der Waals surface area (Å²) in [5.41, 5.74) is 4.19. The van der Waals surface area contributed by atoms with Crippen LogP contribution in [0.1, 0.15) is 35.3 Å². The molecule has 4 rings (SSSR count). The summed E-state index contributed by atoms with van der Waals surface area (Å²) in [4.78, 5) is 21.4. The Morgan fingerprint density at radius 1 is 1.10 bits per heavy atom. The molecule has 1 amide bonds. The second-order valence-corrected chi connectivity index (χ2v) is 8.51. The number of amides is 1. The van der Waals surface area contributed by atoms with E-state index in [1.807, 2.05) is 56.3 Å². The van der Waals surface area contributed by atoms with Gasteiger partial charge in [-0.15, -0.1) is 0 Å². The number of aromatic nitrogens is 3. The van der Waals surface area contributed by atoms with Gasteiger partial charge in [-0.2, -0.15) is 0 Å². The summed E-state index contributed by atoms with van der Waals surface area (Å²) >= 11 is 1.55.